The van der Waals surface area contributed by atoms with Crippen LogP contribution in [0.5, 0.6) is 0 Å². The molecule has 0 bridgehead atoms. The molecule has 1 aliphatic rings. The second-order valence-corrected chi connectivity index (χ2v) is 7.78. The van der Waals surface area contributed by atoms with Crippen molar-refractivity contribution >= 4 is 11.2 Å². The zero-order valence-electron chi connectivity index (χ0n) is 16.7. The van der Waals surface area contributed by atoms with Gasteiger partial charge in [-0.3, -0.25) is 4.90 Å². The van der Waals surface area contributed by atoms with Gasteiger partial charge >= 0.3 is 0 Å². The molecular weight excluding hydrogens is 358 g/mol. The molecule has 5 heteroatoms. The number of nitrogens with zero attached hydrogens (tertiary/aromatic N) is 4. The Labute approximate surface area is 171 Å². The number of fused-ring (bicyclic) bond motifs is 1. The Bertz CT molecular complexity index is 1090. The molecule has 0 spiro atoms. The molecule has 0 unspecified atom stereocenters. The highest BCUT2D eigenvalue weighted by molar-refractivity contribution is 5.91. The van der Waals surface area contributed by atoms with E-state index in [2.05, 4.69) is 75.3 Å². The third-order valence-electron chi connectivity index (χ3n) is 5.71. The summed E-state index contributed by atoms with van der Waals surface area (Å²) in [5.41, 5.74) is 6.46. The number of H-pyrrole nitrogens is 1. The Morgan fingerprint density at radius 1 is 0.862 bits per heavy atom. The fourth-order valence-corrected chi connectivity index (χ4v) is 3.94. The number of pyridine rings is 1. The average Bonchev–Trinajstić information content (AvgIpc) is 3.21. The first-order valence-electron chi connectivity index (χ1n) is 10.2. The van der Waals surface area contributed by atoms with Crippen LogP contribution in [-0.4, -0.2) is 58.0 Å². The summed E-state index contributed by atoms with van der Waals surface area (Å²) in [6.07, 6.45) is 1.83. The molecule has 1 saturated heterocycles. The molecule has 2 aromatic carbocycles. The minimum atomic E-state index is 0.753. The number of benzene rings is 2. The van der Waals surface area contributed by atoms with E-state index >= 15 is 0 Å². The van der Waals surface area contributed by atoms with Crippen molar-refractivity contribution in [2.45, 2.75) is 6.54 Å². The first-order valence-corrected chi connectivity index (χ1v) is 10.2. The van der Waals surface area contributed by atoms with Crippen LogP contribution in [0.4, 0.5) is 0 Å². The van der Waals surface area contributed by atoms with Gasteiger partial charge in [0.15, 0.2) is 5.65 Å². The van der Waals surface area contributed by atoms with Gasteiger partial charge in [-0.2, -0.15) is 0 Å². The van der Waals surface area contributed by atoms with Crippen molar-refractivity contribution in [3.05, 3.63) is 72.4 Å². The van der Waals surface area contributed by atoms with Crippen LogP contribution in [0.2, 0.25) is 0 Å². The van der Waals surface area contributed by atoms with E-state index in [9.17, 15) is 0 Å². The monoisotopic (exact) mass is 383 g/mol. The predicted octanol–water partition coefficient (Wildman–Crippen LogP) is 4.04. The number of rotatable bonds is 4. The van der Waals surface area contributed by atoms with Crippen LogP contribution >= 0.6 is 0 Å². The molecule has 1 aliphatic heterocycles. The molecule has 0 atom stereocenters. The lowest BCUT2D eigenvalue weighted by Gasteiger charge is -2.32. The molecule has 29 heavy (non-hydrogen) atoms. The molecule has 5 nitrogen and oxygen atoms in total. The molecular formula is C24H25N5. The summed E-state index contributed by atoms with van der Waals surface area (Å²) >= 11 is 0. The summed E-state index contributed by atoms with van der Waals surface area (Å²) in [4.78, 5) is 17.6. The van der Waals surface area contributed by atoms with Crippen molar-refractivity contribution < 1.29 is 0 Å². The highest BCUT2D eigenvalue weighted by atomic mass is 15.2. The Morgan fingerprint density at radius 2 is 1.62 bits per heavy atom. The van der Waals surface area contributed by atoms with E-state index in [4.69, 9.17) is 4.98 Å². The molecule has 0 radical (unpaired) electrons. The quantitative estimate of drug-likeness (QED) is 0.578. The SMILES string of the molecule is CN1CCN(Cc2ccc(-c3nc4nccc(-c5ccccc5)c4[nH]3)cc2)CC1. The lowest BCUT2D eigenvalue weighted by Crippen LogP contribution is -2.43. The van der Waals surface area contributed by atoms with Crippen molar-refractivity contribution in [2.75, 3.05) is 33.2 Å². The average molecular weight is 383 g/mol. The smallest absolute Gasteiger partial charge is 0.178 e. The van der Waals surface area contributed by atoms with Gasteiger partial charge in [-0.25, -0.2) is 9.97 Å². The number of aromatic amines is 1. The van der Waals surface area contributed by atoms with Gasteiger partial charge in [-0.15, -0.1) is 0 Å². The van der Waals surface area contributed by atoms with Crippen molar-refractivity contribution in [1.82, 2.24) is 24.8 Å². The Hall–Kier alpha value is -3.02. The van der Waals surface area contributed by atoms with Crippen LogP contribution in [0.15, 0.2) is 66.9 Å². The first-order chi connectivity index (χ1) is 14.3. The van der Waals surface area contributed by atoms with Crippen LogP contribution in [0.3, 0.4) is 0 Å². The van der Waals surface area contributed by atoms with Crippen LogP contribution in [0.25, 0.3) is 33.7 Å². The molecule has 0 saturated carbocycles. The third-order valence-corrected chi connectivity index (χ3v) is 5.71. The number of nitrogens with one attached hydrogen (secondary N) is 1. The van der Waals surface area contributed by atoms with Gasteiger partial charge in [0.05, 0.1) is 5.52 Å². The molecule has 1 fully saturated rings. The normalized spacial score (nSPS) is 15.8. The molecule has 0 aliphatic carbocycles. The summed E-state index contributed by atoms with van der Waals surface area (Å²) in [5.74, 6) is 0.863. The maximum atomic E-state index is 4.74. The number of piperazine rings is 1. The molecule has 4 aromatic rings. The molecule has 5 rings (SSSR count). The van der Waals surface area contributed by atoms with E-state index in [-0.39, 0.29) is 0 Å². The van der Waals surface area contributed by atoms with Crippen LogP contribution in [0.1, 0.15) is 5.56 Å². The minimum absolute atomic E-state index is 0.753. The Balaban J connectivity index is 1.40. The topological polar surface area (TPSA) is 48.1 Å². The number of aromatic nitrogens is 3. The second kappa shape index (κ2) is 7.78. The van der Waals surface area contributed by atoms with Crippen molar-refractivity contribution in [2.24, 2.45) is 0 Å². The summed E-state index contributed by atoms with van der Waals surface area (Å²) < 4.78 is 0. The minimum Gasteiger partial charge on any atom is -0.336 e. The summed E-state index contributed by atoms with van der Waals surface area (Å²) in [7, 11) is 2.19. The number of likely N-dealkylation sites (N-methyl/N-ethyl adjacent to an activating group) is 1. The zero-order chi connectivity index (χ0) is 19.6. The molecule has 3 heterocycles. The molecule has 1 N–H and O–H groups in total. The first kappa shape index (κ1) is 18.0. The van der Waals surface area contributed by atoms with E-state index in [0.29, 0.717) is 0 Å². The largest absolute Gasteiger partial charge is 0.336 e. The van der Waals surface area contributed by atoms with Gasteiger partial charge in [-0.1, -0.05) is 54.6 Å². The standard InChI is InChI=1S/C24H25N5/c1-28-13-15-29(16-14-28)17-18-7-9-20(10-8-18)23-26-22-21(11-12-25-24(22)27-23)19-5-3-2-4-6-19/h2-12H,13-17H2,1H3,(H,25,26,27). The van der Waals surface area contributed by atoms with Crippen LogP contribution in [0, 0.1) is 0 Å². The van der Waals surface area contributed by atoms with Gasteiger partial charge in [-0.05, 0) is 24.2 Å². The third kappa shape index (κ3) is 3.79. The lowest BCUT2D eigenvalue weighted by molar-refractivity contribution is 0.148. The van der Waals surface area contributed by atoms with Gasteiger partial charge in [0.1, 0.15) is 5.82 Å². The molecule has 146 valence electrons. The Morgan fingerprint density at radius 3 is 2.38 bits per heavy atom. The van der Waals surface area contributed by atoms with Crippen LogP contribution < -0.4 is 0 Å². The van der Waals surface area contributed by atoms with E-state index < -0.39 is 0 Å². The van der Waals surface area contributed by atoms with E-state index in [1.165, 1.54) is 5.56 Å². The highest BCUT2D eigenvalue weighted by Crippen LogP contribution is 2.28. The van der Waals surface area contributed by atoms with Gasteiger partial charge in [0.25, 0.3) is 0 Å². The fraction of sp³-hybridized carbons (Fsp3) is 0.250. The molecule has 0 amide bonds. The highest BCUT2D eigenvalue weighted by Gasteiger charge is 2.14. The Kier molecular flexibility index (Phi) is 4.84. The van der Waals surface area contributed by atoms with Gasteiger partial charge in [0, 0.05) is 50.0 Å². The van der Waals surface area contributed by atoms with Crippen molar-refractivity contribution in [1.29, 1.82) is 0 Å². The number of imidazole rings is 1. The maximum Gasteiger partial charge on any atom is 0.178 e. The van der Waals surface area contributed by atoms with Crippen molar-refractivity contribution in [3.63, 3.8) is 0 Å². The van der Waals surface area contributed by atoms with Crippen LogP contribution in [-0.2, 0) is 6.54 Å². The van der Waals surface area contributed by atoms with Gasteiger partial charge < -0.3 is 9.88 Å². The second-order valence-electron chi connectivity index (χ2n) is 7.78. The number of hydrogen-bond acceptors (Lipinski definition) is 4. The fourth-order valence-electron chi connectivity index (χ4n) is 3.94. The summed E-state index contributed by atoms with van der Waals surface area (Å²) in [6.45, 7) is 5.57. The summed E-state index contributed by atoms with van der Waals surface area (Å²) in [6, 6.07) is 21.2. The maximum absolute atomic E-state index is 4.74. The van der Waals surface area contributed by atoms with E-state index in [1.54, 1.807) is 0 Å². The predicted molar refractivity (Wildman–Crippen MR) is 118 cm³/mol. The zero-order valence-corrected chi connectivity index (χ0v) is 16.7. The molecule has 2 aromatic heterocycles. The van der Waals surface area contributed by atoms with Crippen molar-refractivity contribution in [3.8, 4) is 22.5 Å². The van der Waals surface area contributed by atoms with Gasteiger partial charge in [0.2, 0.25) is 0 Å². The summed E-state index contributed by atoms with van der Waals surface area (Å²) in [5, 5.41) is 0. The van der Waals surface area contributed by atoms with E-state index in [0.717, 1.165) is 66.4 Å². The number of hydrogen-bond donors (Lipinski definition) is 1. The lowest BCUT2D eigenvalue weighted by atomic mass is 10.1. The van der Waals surface area contributed by atoms with E-state index in [1.807, 2.05) is 18.3 Å².